The summed E-state index contributed by atoms with van der Waals surface area (Å²) < 4.78 is 13.3. The number of hydrogen-bond acceptors (Lipinski definition) is 2. The van der Waals surface area contributed by atoms with Crippen molar-refractivity contribution in [3.63, 3.8) is 0 Å². The number of carbonyl (C=O) groups is 2. The summed E-state index contributed by atoms with van der Waals surface area (Å²) in [6.07, 6.45) is 2.48. The minimum absolute atomic E-state index is 0.0173. The fourth-order valence-corrected chi connectivity index (χ4v) is 3.29. The first-order valence-corrected chi connectivity index (χ1v) is 7.29. The highest BCUT2D eigenvalue weighted by Crippen LogP contribution is 2.44. The second kappa shape index (κ2) is 5.13. The highest BCUT2D eigenvalue weighted by molar-refractivity contribution is 5.82. The number of aliphatic carboxylic acids is 1. The SMILES string of the molecule is Cc1cc(F)ccc1C1C(C(=O)O)CCC(=O)N1C1CC1. The number of amides is 1. The highest BCUT2D eigenvalue weighted by atomic mass is 19.1. The van der Waals surface area contributed by atoms with Crippen LogP contribution in [0.3, 0.4) is 0 Å². The van der Waals surface area contributed by atoms with Gasteiger partial charge < -0.3 is 10.0 Å². The number of likely N-dealkylation sites (tertiary alicyclic amines) is 1. The molecule has 1 aliphatic heterocycles. The van der Waals surface area contributed by atoms with Crippen LogP contribution in [-0.4, -0.2) is 27.9 Å². The summed E-state index contributed by atoms with van der Waals surface area (Å²) in [5, 5.41) is 9.51. The summed E-state index contributed by atoms with van der Waals surface area (Å²) in [5.74, 6) is -1.83. The van der Waals surface area contributed by atoms with Crippen LogP contribution in [0, 0.1) is 18.7 Å². The Kier molecular flexibility index (Phi) is 3.43. The first kappa shape index (κ1) is 14.0. The minimum Gasteiger partial charge on any atom is -0.481 e. The number of carbonyl (C=O) groups excluding carboxylic acids is 1. The second-order valence-corrected chi connectivity index (χ2v) is 5.96. The first-order chi connectivity index (χ1) is 9.99. The van der Waals surface area contributed by atoms with Crippen molar-refractivity contribution in [3.05, 3.63) is 35.1 Å². The van der Waals surface area contributed by atoms with Crippen molar-refractivity contribution < 1.29 is 19.1 Å². The molecule has 0 aromatic heterocycles. The molecule has 1 N–H and O–H groups in total. The van der Waals surface area contributed by atoms with Gasteiger partial charge in [0.25, 0.3) is 0 Å². The number of hydrogen-bond donors (Lipinski definition) is 1. The molecule has 4 nitrogen and oxygen atoms in total. The van der Waals surface area contributed by atoms with E-state index in [1.807, 2.05) is 0 Å². The molecule has 2 aliphatic rings. The molecule has 2 atom stereocenters. The molecule has 5 heteroatoms. The Balaban J connectivity index is 2.06. The molecule has 1 aliphatic carbocycles. The zero-order chi connectivity index (χ0) is 15.1. The van der Waals surface area contributed by atoms with Crippen LogP contribution in [0.1, 0.15) is 42.9 Å². The van der Waals surface area contributed by atoms with Crippen LogP contribution in [-0.2, 0) is 9.59 Å². The average Bonchev–Trinajstić information content (AvgIpc) is 3.22. The molecule has 1 amide bonds. The van der Waals surface area contributed by atoms with Gasteiger partial charge >= 0.3 is 5.97 Å². The Morgan fingerprint density at radius 1 is 1.33 bits per heavy atom. The Morgan fingerprint density at radius 3 is 2.62 bits per heavy atom. The number of benzene rings is 1. The fraction of sp³-hybridized carbons (Fsp3) is 0.500. The molecule has 2 fully saturated rings. The molecule has 3 rings (SSSR count). The molecule has 1 heterocycles. The predicted octanol–water partition coefficient (Wildman–Crippen LogP) is 2.66. The average molecular weight is 291 g/mol. The maximum absolute atomic E-state index is 13.3. The summed E-state index contributed by atoms with van der Waals surface area (Å²) in [7, 11) is 0. The molecular formula is C16H18FNO3. The van der Waals surface area contributed by atoms with Gasteiger partial charge in [-0.3, -0.25) is 9.59 Å². The summed E-state index contributed by atoms with van der Waals surface area (Å²) >= 11 is 0. The van der Waals surface area contributed by atoms with Gasteiger partial charge in [-0.2, -0.15) is 0 Å². The van der Waals surface area contributed by atoms with Crippen molar-refractivity contribution in [3.8, 4) is 0 Å². The van der Waals surface area contributed by atoms with Gasteiger partial charge in [0.1, 0.15) is 5.82 Å². The van der Waals surface area contributed by atoms with Gasteiger partial charge in [0.05, 0.1) is 12.0 Å². The third-order valence-corrected chi connectivity index (χ3v) is 4.45. The second-order valence-electron chi connectivity index (χ2n) is 5.96. The van der Waals surface area contributed by atoms with E-state index in [0.717, 1.165) is 18.4 Å². The Morgan fingerprint density at radius 2 is 2.05 bits per heavy atom. The van der Waals surface area contributed by atoms with Gasteiger partial charge in [-0.15, -0.1) is 0 Å². The normalized spacial score (nSPS) is 26.0. The summed E-state index contributed by atoms with van der Waals surface area (Å²) in [6.45, 7) is 1.77. The minimum atomic E-state index is -0.887. The van der Waals surface area contributed by atoms with Crippen molar-refractivity contribution in [2.24, 2.45) is 5.92 Å². The van der Waals surface area contributed by atoms with Crippen molar-refractivity contribution >= 4 is 11.9 Å². The van der Waals surface area contributed by atoms with Crippen LogP contribution in [0.2, 0.25) is 0 Å². The lowest BCUT2D eigenvalue weighted by Gasteiger charge is -2.40. The van der Waals surface area contributed by atoms with Crippen LogP contribution < -0.4 is 0 Å². The van der Waals surface area contributed by atoms with E-state index in [9.17, 15) is 19.1 Å². The molecule has 1 saturated heterocycles. The number of halogens is 1. The lowest BCUT2D eigenvalue weighted by molar-refractivity contribution is -0.152. The quantitative estimate of drug-likeness (QED) is 0.931. The summed E-state index contributed by atoms with van der Waals surface area (Å²) in [4.78, 5) is 25.6. The number of rotatable bonds is 3. The number of carboxylic acid groups (broad SMARTS) is 1. The smallest absolute Gasteiger partial charge is 0.308 e. The standard InChI is InChI=1S/C16H18FNO3/c1-9-8-10(17)2-5-12(9)15-13(16(20)21)6-7-14(19)18(15)11-3-4-11/h2,5,8,11,13,15H,3-4,6-7H2,1H3,(H,20,21). The number of piperidine rings is 1. The van der Waals surface area contributed by atoms with Gasteiger partial charge in [0, 0.05) is 12.5 Å². The topological polar surface area (TPSA) is 57.6 Å². The van der Waals surface area contributed by atoms with Crippen molar-refractivity contribution in [2.45, 2.75) is 44.7 Å². The molecule has 1 aromatic carbocycles. The largest absolute Gasteiger partial charge is 0.481 e. The van der Waals surface area contributed by atoms with E-state index in [2.05, 4.69) is 0 Å². The molecule has 0 radical (unpaired) electrons. The molecule has 1 saturated carbocycles. The van der Waals surface area contributed by atoms with Crippen molar-refractivity contribution in [2.75, 3.05) is 0 Å². The third-order valence-electron chi connectivity index (χ3n) is 4.45. The van der Waals surface area contributed by atoms with Gasteiger partial charge in [0.15, 0.2) is 0 Å². The lowest BCUT2D eigenvalue weighted by atomic mass is 9.82. The highest BCUT2D eigenvalue weighted by Gasteiger charge is 2.46. The molecule has 112 valence electrons. The maximum Gasteiger partial charge on any atom is 0.308 e. The number of aryl methyl sites for hydroxylation is 1. The summed E-state index contributed by atoms with van der Waals surface area (Å²) in [5.41, 5.74) is 1.45. The fourth-order valence-electron chi connectivity index (χ4n) is 3.29. The van der Waals surface area contributed by atoms with Gasteiger partial charge in [-0.05, 0) is 49.4 Å². The molecule has 21 heavy (non-hydrogen) atoms. The van der Waals surface area contributed by atoms with E-state index >= 15 is 0 Å². The zero-order valence-electron chi connectivity index (χ0n) is 11.9. The lowest BCUT2D eigenvalue weighted by Crippen LogP contribution is -2.46. The third kappa shape index (κ3) is 2.52. The number of nitrogens with zero attached hydrogens (tertiary/aromatic N) is 1. The van der Waals surface area contributed by atoms with Crippen LogP contribution in [0.4, 0.5) is 4.39 Å². The van der Waals surface area contributed by atoms with Crippen LogP contribution >= 0.6 is 0 Å². The van der Waals surface area contributed by atoms with Crippen LogP contribution in [0.25, 0.3) is 0 Å². The van der Waals surface area contributed by atoms with Crippen molar-refractivity contribution in [1.29, 1.82) is 0 Å². The van der Waals surface area contributed by atoms with Crippen LogP contribution in [0.15, 0.2) is 18.2 Å². The van der Waals surface area contributed by atoms with E-state index < -0.39 is 17.9 Å². The Hall–Kier alpha value is -1.91. The zero-order valence-corrected chi connectivity index (χ0v) is 11.9. The van der Waals surface area contributed by atoms with Crippen LogP contribution in [0.5, 0.6) is 0 Å². The van der Waals surface area contributed by atoms with E-state index in [1.54, 1.807) is 17.9 Å². The monoisotopic (exact) mass is 291 g/mol. The molecule has 0 spiro atoms. The molecule has 0 bridgehead atoms. The van der Waals surface area contributed by atoms with Gasteiger partial charge in [-0.1, -0.05) is 6.07 Å². The Labute approximate surface area is 122 Å². The van der Waals surface area contributed by atoms with Crippen molar-refractivity contribution in [1.82, 2.24) is 4.90 Å². The molecule has 1 aromatic rings. The van der Waals surface area contributed by atoms with E-state index in [-0.39, 0.29) is 24.2 Å². The van der Waals surface area contributed by atoms with E-state index in [1.165, 1.54) is 12.1 Å². The molecule has 2 unspecified atom stereocenters. The Bertz CT molecular complexity index is 597. The number of carboxylic acids is 1. The van der Waals surface area contributed by atoms with E-state index in [0.29, 0.717) is 12.0 Å². The van der Waals surface area contributed by atoms with E-state index in [4.69, 9.17) is 0 Å². The molecular weight excluding hydrogens is 273 g/mol. The summed E-state index contributed by atoms with van der Waals surface area (Å²) in [6, 6.07) is 4.04. The first-order valence-electron chi connectivity index (χ1n) is 7.29. The predicted molar refractivity (Wildman–Crippen MR) is 74.1 cm³/mol. The van der Waals surface area contributed by atoms with Gasteiger partial charge in [0.2, 0.25) is 5.91 Å². The van der Waals surface area contributed by atoms with Gasteiger partial charge in [-0.25, -0.2) is 4.39 Å². The maximum atomic E-state index is 13.3.